The topological polar surface area (TPSA) is 55.1 Å². The van der Waals surface area contributed by atoms with Crippen LogP contribution in [0, 0.1) is 0 Å². The van der Waals surface area contributed by atoms with Crippen molar-refractivity contribution in [2.24, 2.45) is 0 Å². The van der Waals surface area contributed by atoms with Crippen LogP contribution in [0.3, 0.4) is 0 Å². The third-order valence-corrected chi connectivity index (χ3v) is 3.48. The molecule has 0 aliphatic rings. The zero-order chi connectivity index (χ0) is 12.7. The van der Waals surface area contributed by atoms with Gasteiger partial charge in [0.2, 0.25) is 5.91 Å². The summed E-state index contributed by atoms with van der Waals surface area (Å²) in [5, 5.41) is 3.52. The quantitative estimate of drug-likeness (QED) is 0.783. The van der Waals surface area contributed by atoms with E-state index in [1.54, 1.807) is 12.1 Å². The van der Waals surface area contributed by atoms with E-state index < -0.39 is 0 Å². The van der Waals surface area contributed by atoms with Crippen molar-refractivity contribution in [2.45, 2.75) is 19.1 Å². The fourth-order valence-corrected chi connectivity index (χ4v) is 2.39. The Kier molecular flexibility index (Phi) is 6.22. The van der Waals surface area contributed by atoms with E-state index in [1.807, 2.05) is 13.0 Å². The fourth-order valence-electron chi connectivity index (χ4n) is 1.27. The molecule has 0 aliphatic heterocycles. The van der Waals surface area contributed by atoms with Crippen molar-refractivity contribution in [3.8, 4) is 0 Å². The summed E-state index contributed by atoms with van der Waals surface area (Å²) in [7, 11) is 0. The third kappa shape index (κ3) is 5.33. The summed E-state index contributed by atoms with van der Waals surface area (Å²) >= 11 is 7.56. The molecule has 1 amide bonds. The molecule has 0 bridgehead atoms. The van der Waals surface area contributed by atoms with Crippen molar-refractivity contribution >= 4 is 35.0 Å². The molecule has 94 valence electrons. The van der Waals surface area contributed by atoms with Gasteiger partial charge in [-0.15, -0.1) is 11.8 Å². The van der Waals surface area contributed by atoms with Crippen LogP contribution in [-0.4, -0.2) is 18.2 Å². The first-order valence-electron chi connectivity index (χ1n) is 5.51. The summed E-state index contributed by atoms with van der Waals surface area (Å²) in [4.78, 5) is 11.4. The molecule has 3 nitrogen and oxygen atoms in total. The first-order valence-corrected chi connectivity index (χ1v) is 7.05. The maximum atomic E-state index is 11.4. The summed E-state index contributed by atoms with van der Waals surface area (Å²) in [6, 6.07) is 5.40. The number of amides is 1. The van der Waals surface area contributed by atoms with Crippen LogP contribution in [0.25, 0.3) is 0 Å². The number of hydrogen-bond acceptors (Lipinski definition) is 3. The van der Waals surface area contributed by atoms with E-state index in [0.29, 0.717) is 22.2 Å². The largest absolute Gasteiger partial charge is 0.399 e. The molecule has 1 aromatic rings. The van der Waals surface area contributed by atoms with Crippen molar-refractivity contribution in [3.05, 3.63) is 28.8 Å². The molecule has 1 aromatic carbocycles. The van der Waals surface area contributed by atoms with E-state index >= 15 is 0 Å². The zero-order valence-electron chi connectivity index (χ0n) is 9.83. The molecule has 0 aromatic heterocycles. The molecule has 5 heteroatoms. The first-order chi connectivity index (χ1) is 8.13. The van der Waals surface area contributed by atoms with Crippen LogP contribution in [0.1, 0.15) is 18.9 Å². The van der Waals surface area contributed by atoms with Crippen LogP contribution < -0.4 is 11.1 Å². The van der Waals surface area contributed by atoms with Gasteiger partial charge in [0.1, 0.15) is 0 Å². The molecule has 0 aliphatic carbocycles. The molecule has 0 heterocycles. The Bertz CT molecular complexity index is 385. The van der Waals surface area contributed by atoms with Gasteiger partial charge in [-0.3, -0.25) is 4.79 Å². The molecule has 17 heavy (non-hydrogen) atoms. The van der Waals surface area contributed by atoms with Gasteiger partial charge >= 0.3 is 0 Å². The average Bonchev–Trinajstić information content (AvgIpc) is 2.31. The standard InChI is InChI=1S/C12H17ClN2OS/c1-2-5-15-12(16)8-17-7-9-6-10(14)3-4-11(9)13/h3-4,6H,2,5,7-8,14H2,1H3,(H,15,16). The number of carbonyl (C=O) groups excluding carboxylic acids is 1. The monoisotopic (exact) mass is 272 g/mol. The van der Waals surface area contributed by atoms with Gasteiger partial charge in [-0.1, -0.05) is 18.5 Å². The third-order valence-electron chi connectivity index (χ3n) is 2.13. The van der Waals surface area contributed by atoms with Gasteiger partial charge in [0.15, 0.2) is 0 Å². The number of carbonyl (C=O) groups is 1. The predicted octanol–water partition coefficient (Wildman–Crippen LogP) is 2.68. The second-order valence-electron chi connectivity index (χ2n) is 3.69. The number of thioether (sulfide) groups is 1. The number of nitrogens with two attached hydrogens (primary N) is 1. The average molecular weight is 273 g/mol. The molecule has 0 atom stereocenters. The number of anilines is 1. The molecular weight excluding hydrogens is 256 g/mol. The van der Waals surface area contributed by atoms with Gasteiger partial charge in [0.05, 0.1) is 5.75 Å². The maximum Gasteiger partial charge on any atom is 0.230 e. The smallest absolute Gasteiger partial charge is 0.230 e. The van der Waals surface area contributed by atoms with Gasteiger partial charge in [0.25, 0.3) is 0 Å². The lowest BCUT2D eigenvalue weighted by molar-refractivity contribution is -0.118. The SMILES string of the molecule is CCCNC(=O)CSCc1cc(N)ccc1Cl. The Morgan fingerprint density at radius 2 is 2.29 bits per heavy atom. The molecule has 0 radical (unpaired) electrons. The van der Waals surface area contributed by atoms with Crippen molar-refractivity contribution in [3.63, 3.8) is 0 Å². The second kappa shape index (κ2) is 7.45. The van der Waals surface area contributed by atoms with Gasteiger partial charge in [0, 0.05) is 23.0 Å². The highest BCUT2D eigenvalue weighted by Crippen LogP contribution is 2.23. The zero-order valence-corrected chi connectivity index (χ0v) is 11.4. The first kappa shape index (κ1) is 14.2. The maximum absolute atomic E-state index is 11.4. The summed E-state index contributed by atoms with van der Waals surface area (Å²) < 4.78 is 0. The molecule has 0 saturated carbocycles. The van der Waals surface area contributed by atoms with E-state index in [1.165, 1.54) is 11.8 Å². The van der Waals surface area contributed by atoms with E-state index in [2.05, 4.69) is 5.32 Å². The van der Waals surface area contributed by atoms with Gasteiger partial charge < -0.3 is 11.1 Å². The molecule has 0 unspecified atom stereocenters. The Hall–Kier alpha value is -0.870. The van der Waals surface area contributed by atoms with Crippen molar-refractivity contribution in [1.29, 1.82) is 0 Å². The molecule has 1 rings (SSSR count). The van der Waals surface area contributed by atoms with Crippen molar-refractivity contribution in [1.82, 2.24) is 5.32 Å². The fraction of sp³-hybridized carbons (Fsp3) is 0.417. The van der Waals surface area contributed by atoms with Crippen LogP contribution >= 0.6 is 23.4 Å². The van der Waals surface area contributed by atoms with Crippen LogP contribution in [0.2, 0.25) is 5.02 Å². The Labute approximate surface area is 111 Å². The lowest BCUT2D eigenvalue weighted by Crippen LogP contribution is -2.25. The number of nitrogens with one attached hydrogen (secondary N) is 1. The molecule has 3 N–H and O–H groups in total. The van der Waals surface area contributed by atoms with E-state index in [-0.39, 0.29) is 5.91 Å². The number of hydrogen-bond donors (Lipinski definition) is 2. The summed E-state index contributed by atoms with van der Waals surface area (Å²) in [6.07, 6.45) is 0.956. The minimum atomic E-state index is 0.0666. The van der Waals surface area contributed by atoms with Crippen LogP contribution in [0.4, 0.5) is 5.69 Å². The molecular formula is C12H17ClN2OS. The van der Waals surface area contributed by atoms with Crippen molar-refractivity contribution in [2.75, 3.05) is 18.0 Å². The van der Waals surface area contributed by atoms with Gasteiger partial charge in [-0.2, -0.15) is 0 Å². The van der Waals surface area contributed by atoms with Crippen LogP contribution in [0.15, 0.2) is 18.2 Å². The van der Waals surface area contributed by atoms with Crippen LogP contribution in [-0.2, 0) is 10.5 Å². The van der Waals surface area contributed by atoms with Gasteiger partial charge in [-0.05, 0) is 30.2 Å². The van der Waals surface area contributed by atoms with E-state index in [4.69, 9.17) is 17.3 Å². The number of benzene rings is 1. The van der Waals surface area contributed by atoms with Crippen LogP contribution in [0.5, 0.6) is 0 Å². The highest BCUT2D eigenvalue weighted by Gasteiger charge is 2.04. The molecule has 0 spiro atoms. The lowest BCUT2D eigenvalue weighted by atomic mass is 10.2. The normalized spacial score (nSPS) is 10.2. The Balaban J connectivity index is 2.35. The lowest BCUT2D eigenvalue weighted by Gasteiger charge is -2.06. The van der Waals surface area contributed by atoms with E-state index in [9.17, 15) is 4.79 Å². The van der Waals surface area contributed by atoms with Gasteiger partial charge in [-0.25, -0.2) is 0 Å². The summed E-state index contributed by atoms with van der Waals surface area (Å²) in [5.41, 5.74) is 7.34. The summed E-state index contributed by atoms with van der Waals surface area (Å²) in [5.74, 6) is 1.21. The summed E-state index contributed by atoms with van der Waals surface area (Å²) in [6.45, 7) is 2.76. The highest BCUT2D eigenvalue weighted by atomic mass is 35.5. The molecule has 0 fully saturated rings. The van der Waals surface area contributed by atoms with Crippen molar-refractivity contribution < 1.29 is 4.79 Å². The Morgan fingerprint density at radius 3 is 3.00 bits per heavy atom. The van der Waals surface area contributed by atoms with E-state index in [0.717, 1.165) is 18.5 Å². The number of rotatable bonds is 6. The number of halogens is 1. The second-order valence-corrected chi connectivity index (χ2v) is 5.09. The predicted molar refractivity (Wildman–Crippen MR) is 75.3 cm³/mol. The molecule has 0 saturated heterocycles. The highest BCUT2D eigenvalue weighted by molar-refractivity contribution is 7.99. The minimum absolute atomic E-state index is 0.0666. The Morgan fingerprint density at radius 1 is 1.53 bits per heavy atom. The number of nitrogen functional groups attached to an aromatic ring is 1. The minimum Gasteiger partial charge on any atom is -0.399 e.